The van der Waals surface area contributed by atoms with Gasteiger partial charge < -0.3 is 15.2 Å². The lowest BCUT2D eigenvalue weighted by Crippen LogP contribution is -2.36. The van der Waals surface area contributed by atoms with E-state index in [0.29, 0.717) is 6.42 Å². The van der Waals surface area contributed by atoms with Crippen molar-refractivity contribution in [2.24, 2.45) is 5.16 Å². The highest BCUT2D eigenvalue weighted by atomic mass is 16.4. The molecule has 5 heteroatoms. The summed E-state index contributed by atoms with van der Waals surface area (Å²) in [6.07, 6.45) is 5.37. The van der Waals surface area contributed by atoms with Gasteiger partial charge in [0.1, 0.15) is 0 Å². The molecule has 0 bridgehead atoms. The van der Waals surface area contributed by atoms with E-state index in [0.717, 1.165) is 42.8 Å². The van der Waals surface area contributed by atoms with Crippen LogP contribution in [0.15, 0.2) is 72.0 Å². The summed E-state index contributed by atoms with van der Waals surface area (Å²) in [7, 11) is 0. The van der Waals surface area contributed by atoms with Crippen molar-refractivity contribution >= 4 is 11.9 Å². The van der Waals surface area contributed by atoms with Crippen molar-refractivity contribution in [2.45, 2.75) is 44.6 Å². The Kier molecular flexibility index (Phi) is 6.56. The van der Waals surface area contributed by atoms with Gasteiger partial charge in [-0.2, -0.15) is 0 Å². The van der Waals surface area contributed by atoms with Crippen LogP contribution in [0.5, 0.6) is 0 Å². The molecule has 2 aromatic carbocycles. The van der Waals surface area contributed by atoms with Gasteiger partial charge in [-0.25, -0.2) is 0 Å². The summed E-state index contributed by atoms with van der Waals surface area (Å²) in [5.41, 5.74) is 6.22. The molecule has 4 rings (SSSR count). The molecule has 3 aromatic rings. The van der Waals surface area contributed by atoms with Crippen molar-refractivity contribution in [2.75, 3.05) is 18.0 Å². The molecule has 0 amide bonds. The molecule has 0 aliphatic carbocycles. The number of rotatable bonds is 6. The molecule has 0 spiro atoms. The summed E-state index contributed by atoms with van der Waals surface area (Å²) in [5.74, 6) is 0. The number of aliphatic hydroxyl groups is 1. The van der Waals surface area contributed by atoms with E-state index in [1.807, 2.05) is 13.1 Å². The molecule has 1 fully saturated rings. The average molecular weight is 430 g/mol. The number of oxime groups is 1. The summed E-state index contributed by atoms with van der Waals surface area (Å²) in [4.78, 5) is 6.75. The first kappa shape index (κ1) is 22.0. The number of benzene rings is 2. The van der Waals surface area contributed by atoms with E-state index in [1.165, 1.54) is 16.8 Å². The van der Waals surface area contributed by atoms with Crippen LogP contribution < -0.4 is 4.90 Å². The van der Waals surface area contributed by atoms with Gasteiger partial charge in [0, 0.05) is 43.3 Å². The van der Waals surface area contributed by atoms with Crippen LogP contribution >= 0.6 is 0 Å². The number of aromatic nitrogens is 1. The fourth-order valence-electron chi connectivity index (χ4n) is 4.94. The van der Waals surface area contributed by atoms with Crippen LogP contribution in [0.2, 0.25) is 0 Å². The zero-order valence-corrected chi connectivity index (χ0v) is 18.8. The number of pyridine rings is 1. The normalized spacial score (nSPS) is 16.9. The summed E-state index contributed by atoms with van der Waals surface area (Å²) in [6.45, 7) is 5.86. The highest BCUT2D eigenvalue weighted by Gasteiger charge is 2.37. The maximum atomic E-state index is 9.84. The lowest BCUT2D eigenvalue weighted by atomic mass is 9.66. The van der Waals surface area contributed by atoms with Crippen LogP contribution in [-0.4, -0.2) is 40.7 Å². The Hall–Kier alpha value is -3.18. The molecule has 32 heavy (non-hydrogen) atoms. The topological polar surface area (TPSA) is 69.0 Å². The number of anilines is 1. The molecular weight excluding hydrogens is 398 g/mol. The van der Waals surface area contributed by atoms with Gasteiger partial charge in [0.2, 0.25) is 0 Å². The Balaban J connectivity index is 1.86. The second kappa shape index (κ2) is 9.53. The third-order valence-corrected chi connectivity index (χ3v) is 6.66. The number of hydrogen-bond donors (Lipinski definition) is 2. The van der Waals surface area contributed by atoms with Crippen LogP contribution in [0.4, 0.5) is 5.69 Å². The summed E-state index contributed by atoms with van der Waals surface area (Å²) >= 11 is 0. The van der Waals surface area contributed by atoms with Gasteiger partial charge in [0.05, 0.1) is 11.5 Å². The molecule has 0 unspecified atom stereocenters. The molecular formula is C27H31N3O2. The van der Waals surface area contributed by atoms with Crippen LogP contribution in [0.3, 0.4) is 0 Å². The standard InChI is InChI=1S/C27H31N3O2/c1-20-5-3-4-6-26(20)27(14-16-29-32,23-11-15-28-21(2)19-23)22-7-9-24(10-8-22)30-17-12-25(31)13-18-30/h3-11,15-16,19,25,31-32H,12-14,17-18H2,1-2H3/b29-16+/t27-/m1/s1. The van der Waals surface area contributed by atoms with E-state index < -0.39 is 5.41 Å². The SMILES string of the molecule is Cc1cc([C@@](C/C=N/O)(c2ccc(N3CCC(O)CC3)cc2)c2ccccc2C)ccn1. The maximum absolute atomic E-state index is 9.84. The van der Waals surface area contributed by atoms with Crippen LogP contribution in [0.1, 0.15) is 47.2 Å². The number of aryl methyl sites for hydroxylation is 2. The Morgan fingerprint density at radius 2 is 1.75 bits per heavy atom. The minimum absolute atomic E-state index is 0.188. The smallest absolute Gasteiger partial charge is 0.0574 e. The van der Waals surface area contributed by atoms with E-state index in [4.69, 9.17) is 0 Å². The largest absolute Gasteiger partial charge is 0.411 e. The summed E-state index contributed by atoms with van der Waals surface area (Å²) in [6, 6.07) is 21.3. The molecule has 1 aliphatic rings. The van der Waals surface area contributed by atoms with E-state index in [9.17, 15) is 10.3 Å². The second-order valence-corrected chi connectivity index (χ2v) is 8.67. The van der Waals surface area contributed by atoms with Gasteiger partial charge in [0.25, 0.3) is 0 Å². The Morgan fingerprint density at radius 1 is 1.03 bits per heavy atom. The van der Waals surface area contributed by atoms with E-state index in [-0.39, 0.29) is 6.10 Å². The molecule has 1 aromatic heterocycles. The third kappa shape index (κ3) is 4.26. The van der Waals surface area contributed by atoms with Crippen molar-refractivity contribution in [3.05, 3.63) is 94.8 Å². The minimum Gasteiger partial charge on any atom is -0.411 e. The predicted molar refractivity (Wildman–Crippen MR) is 129 cm³/mol. The van der Waals surface area contributed by atoms with Crippen molar-refractivity contribution < 1.29 is 10.3 Å². The number of aliphatic hydroxyl groups excluding tert-OH is 1. The van der Waals surface area contributed by atoms with Gasteiger partial charge in [-0.1, -0.05) is 36.4 Å². The van der Waals surface area contributed by atoms with Crippen molar-refractivity contribution in [3.63, 3.8) is 0 Å². The lowest BCUT2D eigenvalue weighted by Gasteiger charge is -2.37. The number of nitrogens with zero attached hydrogens (tertiary/aromatic N) is 3. The molecule has 2 heterocycles. The Labute approximate surface area is 190 Å². The zero-order valence-electron chi connectivity index (χ0n) is 18.8. The summed E-state index contributed by atoms with van der Waals surface area (Å²) < 4.78 is 0. The monoisotopic (exact) mass is 429 g/mol. The Bertz CT molecular complexity index is 1070. The first-order valence-corrected chi connectivity index (χ1v) is 11.2. The molecule has 0 radical (unpaired) electrons. The molecule has 166 valence electrons. The molecule has 1 saturated heterocycles. The van der Waals surface area contributed by atoms with Crippen molar-refractivity contribution in [1.29, 1.82) is 0 Å². The maximum Gasteiger partial charge on any atom is 0.0574 e. The average Bonchev–Trinajstić information content (AvgIpc) is 2.81. The van der Waals surface area contributed by atoms with Crippen LogP contribution in [-0.2, 0) is 5.41 Å². The first-order chi connectivity index (χ1) is 15.5. The zero-order chi connectivity index (χ0) is 22.6. The fraction of sp³-hybridized carbons (Fsp3) is 0.333. The van der Waals surface area contributed by atoms with Crippen molar-refractivity contribution in [3.8, 4) is 0 Å². The van der Waals surface area contributed by atoms with Crippen molar-refractivity contribution in [1.82, 2.24) is 4.98 Å². The molecule has 1 aliphatic heterocycles. The van der Waals surface area contributed by atoms with Gasteiger partial charge in [-0.15, -0.1) is 5.16 Å². The summed E-state index contributed by atoms with van der Waals surface area (Å²) in [5, 5.41) is 22.6. The fourth-order valence-corrected chi connectivity index (χ4v) is 4.94. The molecule has 1 atom stereocenters. The lowest BCUT2D eigenvalue weighted by molar-refractivity contribution is 0.145. The first-order valence-electron chi connectivity index (χ1n) is 11.2. The van der Waals surface area contributed by atoms with E-state index in [1.54, 1.807) is 6.21 Å². The quantitative estimate of drug-likeness (QED) is 0.334. The molecule has 5 nitrogen and oxygen atoms in total. The van der Waals surface area contributed by atoms with Crippen LogP contribution in [0.25, 0.3) is 0 Å². The Morgan fingerprint density at radius 3 is 2.41 bits per heavy atom. The van der Waals surface area contributed by atoms with E-state index >= 15 is 0 Å². The highest BCUT2D eigenvalue weighted by molar-refractivity contribution is 5.67. The van der Waals surface area contributed by atoms with Crippen LogP contribution in [0, 0.1) is 13.8 Å². The van der Waals surface area contributed by atoms with Gasteiger partial charge in [-0.3, -0.25) is 4.98 Å². The number of piperidine rings is 1. The number of hydrogen-bond acceptors (Lipinski definition) is 5. The predicted octanol–water partition coefficient (Wildman–Crippen LogP) is 4.84. The second-order valence-electron chi connectivity index (χ2n) is 8.67. The third-order valence-electron chi connectivity index (χ3n) is 6.66. The minimum atomic E-state index is -0.512. The van der Waals surface area contributed by atoms with E-state index in [2.05, 4.69) is 82.6 Å². The molecule has 0 saturated carbocycles. The van der Waals surface area contributed by atoms with Gasteiger partial charge in [0.15, 0.2) is 0 Å². The molecule has 2 N–H and O–H groups in total. The highest BCUT2D eigenvalue weighted by Crippen LogP contribution is 2.43. The van der Waals surface area contributed by atoms with Gasteiger partial charge in [-0.05, 0) is 73.2 Å². The van der Waals surface area contributed by atoms with Gasteiger partial charge >= 0.3 is 0 Å².